The van der Waals surface area contributed by atoms with Crippen LogP contribution < -0.4 is 10.9 Å². The smallest absolute Gasteiger partial charge is 0.272 e. The standard InChI is InChI=1S/C17H21FN4O/c1-9-14(10-4-3-5-22(2)8-10)16-15-12(17(23)21-20-16)6-11(18)7-13(15)19-9/h6-7,9-10,14,19H,3-5,8H2,1-2H3,(H,21,23)/t9-,10-,14+/m1/s1. The van der Waals surface area contributed by atoms with Crippen molar-refractivity contribution in [2.24, 2.45) is 5.92 Å². The number of rotatable bonds is 1. The zero-order chi connectivity index (χ0) is 16.1. The molecule has 1 fully saturated rings. The average molecular weight is 316 g/mol. The second kappa shape index (κ2) is 5.30. The number of hydrogen-bond donors (Lipinski definition) is 2. The molecule has 2 aliphatic rings. The number of halogens is 1. The van der Waals surface area contributed by atoms with Crippen molar-refractivity contribution in [1.29, 1.82) is 0 Å². The van der Waals surface area contributed by atoms with Crippen LogP contribution in [-0.2, 0) is 0 Å². The van der Waals surface area contributed by atoms with Crippen LogP contribution in [0.1, 0.15) is 31.4 Å². The Bertz CT molecular complexity index is 818. The number of H-pyrrole nitrogens is 1. The third kappa shape index (κ3) is 2.32. The lowest BCUT2D eigenvalue weighted by atomic mass is 9.76. The molecular formula is C17H21FN4O. The Morgan fingerprint density at radius 2 is 2.22 bits per heavy atom. The van der Waals surface area contributed by atoms with Gasteiger partial charge in [0.2, 0.25) is 0 Å². The fraction of sp³-hybridized carbons (Fsp3) is 0.529. The lowest BCUT2D eigenvalue weighted by Crippen LogP contribution is -2.42. The van der Waals surface area contributed by atoms with Gasteiger partial charge in [0.25, 0.3) is 5.56 Å². The van der Waals surface area contributed by atoms with E-state index in [4.69, 9.17) is 0 Å². The van der Waals surface area contributed by atoms with Gasteiger partial charge in [0.15, 0.2) is 0 Å². The van der Waals surface area contributed by atoms with Gasteiger partial charge in [-0.1, -0.05) is 0 Å². The lowest BCUT2D eigenvalue weighted by Gasteiger charge is -2.40. The number of likely N-dealkylation sites (tertiary alicyclic amines) is 1. The Balaban J connectivity index is 1.90. The van der Waals surface area contributed by atoms with E-state index in [1.165, 1.54) is 18.6 Å². The fourth-order valence-corrected chi connectivity index (χ4v) is 4.35. The Hall–Kier alpha value is -1.95. The molecule has 0 amide bonds. The number of aromatic nitrogens is 2. The molecule has 0 unspecified atom stereocenters. The summed E-state index contributed by atoms with van der Waals surface area (Å²) >= 11 is 0. The highest BCUT2D eigenvalue weighted by Gasteiger charge is 2.37. The van der Waals surface area contributed by atoms with Gasteiger partial charge in [0.1, 0.15) is 5.82 Å². The van der Waals surface area contributed by atoms with Crippen LogP contribution in [0.4, 0.5) is 10.1 Å². The molecular weight excluding hydrogens is 295 g/mol. The van der Waals surface area contributed by atoms with Crippen molar-refractivity contribution in [3.05, 3.63) is 34.0 Å². The number of aromatic amines is 1. The number of nitrogens with one attached hydrogen (secondary N) is 2. The molecule has 2 N–H and O–H groups in total. The maximum atomic E-state index is 13.8. The molecule has 0 saturated carbocycles. The van der Waals surface area contributed by atoms with Gasteiger partial charge < -0.3 is 10.2 Å². The van der Waals surface area contributed by atoms with E-state index in [1.807, 2.05) is 0 Å². The predicted molar refractivity (Wildman–Crippen MR) is 88.4 cm³/mol. The number of benzene rings is 1. The summed E-state index contributed by atoms with van der Waals surface area (Å²) in [5, 5.41) is 11.5. The van der Waals surface area contributed by atoms with E-state index >= 15 is 0 Å². The van der Waals surface area contributed by atoms with Gasteiger partial charge in [-0.05, 0) is 51.4 Å². The molecule has 3 atom stereocenters. The van der Waals surface area contributed by atoms with Gasteiger partial charge >= 0.3 is 0 Å². The minimum absolute atomic E-state index is 0.155. The summed E-state index contributed by atoms with van der Waals surface area (Å²) < 4.78 is 13.8. The Labute approximate surface area is 133 Å². The monoisotopic (exact) mass is 316 g/mol. The third-order valence-electron chi connectivity index (χ3n) is 5.29. The quantitative estimate of drug-likeness (QED) is 0.847. The van der Waals surface area contributed by atoms with E-state index in [-0.39, 0.29) is 17.5 Å². The highest BCUT2D eigenvalue weighted by Crippen LogP contribution is 2.42. The second-order valence-corrected chi connectivity index (χ2v) is 6.94. The summed E-state index contributed by atoms with van der Waals surface area (Å²) in [4.78, 5) is 14.4. The molecule has 0 bridgehead atoms. The van der Waals surface area contributed by atoms with Gasteiger partial charge in [-0.2, -0.15) is 5.10 Å². The van der Waals surface area contributed by atoms with E-state index in [0.29, 0.717) is 17.0 Å². The molecule has 0 radical (unpaired) electrons. The second-order valence-electron chi connectivity index (χ2n) is 6.94. The average Bonchev–Trinajstić information content (AvgIpc) is 2.50. The molecule has 122 valence electrons. The number of nitrogens with zero attached hydrogens (tertiary/aromatic N) is 2. The van der Waals surface area contributed by atoms with E-state index in [9.17, 15) is 9.18 Å². The third-order valence-corrected chi connectivity index (χ3v) is 5.29. The van der Waals surface area contributed by atoms with Crippen LogP contribution in [0.2, 0.25) is 0 Å². The molecule has 1 aromatic carbocycles. The van der Waals surface area contributed by atoms with Crippen molar-refractivity contribution in [2.75, 3.05) is 25.5 Å². The fourth-order valence-electron chi connectivity index (χ4n) is 4.35. The van der Waals surface area contributed by atoms with Crippen LogP contribution in [0.25, 0.3) is 10.8 Å². The topological polar surface area (TPSA) is 61.0 Å². The highest BCUT2D eigenvalue weighted by molar-refractivity contribution is 5.96. The van der Waals surface area contributed by atoms with Gasteiger partial charge in [-0.15, -0.1) is 0 Å². The number of hydrogen-bond acceptors (Lipinski definition) is 4. The minimum Gasteiger partial charge on any atom is -0.381 e. The highest BCUT2D eigenvalue weighted by atomic mass is 19.1. The molecule has 23 heavy (non-hydrogen) atoms. The molecule has 5 nitrogen and oxygen atoms in total. The maximum absolute atomic E-state index is 13.8. The van der Waals surface area contributed by atoms with Crippen LogP contribution in [0.3, 0.4) is 0 Å². The van der Waals surface area contributed by atoms with Gasteiger partial charge in [-0.25, -0.2) is 9.49 Å². The maximum Gasteiger partial charge on any atom is 0.272 e. The van der Waals surface area contributed by atoms with Crippen LogP contribution in [0.5, 0.6) is 0 Å². The predicted octanol–water partition coefficient (Wildman–Crippen LogP) is 2.30. The molecule has 0 aliphatic carbocycles. The first-order valence-electron chi connectivity index (χ1n) is 8.21. The van der Waals surface area contributed by atoms with Crippen LogP contribution in [0.15, 0.2) is 16.9 Å². The Morgan fingerprint density at radius 1 is 1.39 bits per heavy atom. The van der Waals surface area contributed by atoms with Crippen molar-refractivity contribution < 1.29 is 4.39 Å². The molecule has 0 spiro atoms. The molecule has 6 heteroatoms. The molecule has 1 saturated heterocycles. The zero-order valence-corrected chi connectivity index (χ0v) is 13.4. The van der Waals surface area contributed by atoms with Gasteiger partial charge in [0.05, 0.1) is 11.1 Å². The first-order chi connectivity index (χ1) is 11.0. The molecule has 4 rings (SSSR count). The van der Waals surface area contributed by atoms with Gasteiger partial charge in [-0.3, -0.25) is 4.79 Å². The molecule has 1 aromatic heterocycles. The summed E-state index contributed by atoms with van der Waals surface area (Å²) in [6, 6.07) is 2.93. The van der Waals surface area contributed by atoms with Crippen LogP contribution in [0, 0.1) is 11.7 Å². The summed E-state index contributed by atoms with van der Waals surface area (Å²) in [6.07, 6.45) is 2.33. The first-order valence-corrected chi connectivity index (χ1v) is 8.21. The Morgan fingerprint density at radius 3 is 3.00 bits per heavy atom. The zero-order valence-electron chi connectivity index (χ0n) is 13.4. The van der Waals surface area contributed by atoms with Gasteiger partial charge in [0, 0.05) is 29.6 Å². The molecule has 2 aromatic rings. The van der Waals surface area contributed by atoms with Crippen molar-refractivity contribution in [3.63, 3.8) is 0 Å². The van der Waals surface area contributed by atoms with E-state index in [0.717, 1.165) is 30.6 Å². The van der Waals surface area contributed by atoms with Crippen molar-refractivity contribution >= 4 is 16.5 Å². The summed E-state index contributed by atoms with van der Waals surface area (Å²) in [5.74, 6) is 0.303. The summed E-state index contributed by atoms with van der Waals surface area (Å²) in [5.41, 5.74) is 1.25. The SMILES string of the molecule is C[C@H]1Nc2cc(F)cc3c(=O)[nH]nc(c23)[C@@H]1[C@@H]1CCCN(C)C1. The van der Waals surface area contributed by atoms with E-state index in [2.05, 4.69) is 34.4 Å². The van der Waals surface area contributed by atoms with Crippen molar-refractivity contribution in [1.82, 2.24) is 15.1 Å². The number of piperidine rings is 1. The van der Waals surface area contributed by atoms with E-state index in [1.54, 1.807) is 0 Å². The van der Waals surface area contributed by atoms with E-state index < -0.39 is 5.82 Å². The Kier molecular flexibility index (Phi) is 3.37. The molecule has 3 heterocycles. The largest absolute Gasteiger partial charge is 0.381 e. The number of anilines is 1. The normalized spacial score (nSPS) is 27.9. The molecule has 2 aliphatic heterocycles. The minimum atomic E-state index is -0.398. The summed E-state index contributed by atoms with van der Waals surface area (Å²) in [6.45, 7) is 4.27. The van der Waals surface area contributed by atoms with Crippen molar-refractivity contribution in [2.45, 2.75) is 31.7 Å². The first kappa shape index (κ1) is 14.6. The summed E-state index contributed by atoms with van der Waals surface area (Å²) in [7, 11) is 2.15. The lowest BCUT2D eigenvalue weighted by molar-refractivity contribution is 0.179. The van der Waals surface area contributed by atoms with Crippen LogP contribution in [-0.4, -0.2) is 41.3 Å². The van der Waals surface area contributed by atoms with Crippen molar-refractivity contribution in [3.8, 4) is 0 Å². The van der Waals surface area contributed by atoms with Crippen LogP contribution >= 0.6 is 0 Å².